The van der Waals surface area contributed by atoms with Crippen LogP contribution < -0.4 is 4.74 Å². The Labute approximate surface area is 156 Å². The van der Waals surface area contributed by atoms with Crippen LogP contribution in [0.3, 0.4) is 0 Å². The van der Waals surface area contributed by atoms with Crippen molar-refractivity contribution in [1.29, 1.82) is 0 Å². The Morgan fingerprint density at radius 3 is 2.27 bits per heavy atom. The highest BCUT2D eigenvalue weighted by atomic mass is 16.5. The molecule has 3 aromatic rings. The lowest BCUT2D eigenvalue weighted by Crippen LogP contribution is -2.28. The summed E-state index contributed by atoms with van der Waals surface area (Å²) in [5, 5.41) is 2.50. The van der Waals surface area contributed by atoms with Crippen LogP contribution in [-0.2, 0) is 16.9 Å². The van der Waals surface area contributed by atoms with Crippen LogP contribution in [0, 0.1) is 0 Å². The summed E-state index contributed by atoms with van der Waals surface area (Å²) in [6.07, 6.45) is 1.90. The molecule has 0 N–H and O–H groups in total. The molecule has 3 rings (SSSR count). The summed E-state index contributed by atoms with van der Waals surface area (Å²) in [5.74, 6) is 0.890. The molecular weight excluding hydrogens is 320 g/mol. The molecule has 3 aromatic carbocycles. The number of benzene rings is 3. The quantitative estimate of drug-likeness (QED) is 0.464. The Bertz CT molecular complexity index is 849. The van der Waals surface area contributed by atoms with E-state index >= 15 is 0 Å². The van der Waals surface area contributed by atoms with Gasteiger partial charge in [-0.2, -0.15) is 0 Å². The highest BCUT2D eigenvalue weighted by molar-refractivity contribution is 5.82. The number of hydrogen-bond donors (Lipinski definition) is 0. The summed E-state index contributed by atoms with van der Waals surface area (Å²) in [6, 6.07) is 23.2. The second-order valence-corrected chi connectivity index (χ2v) is 6.63. The fourth-order valence-corrected chi connectivity index (χ4v) is 3.59. The third kappa shape index (κ3) is 3.91. The van der Waals surface area contributed by atoms with E-state index in [4.69, 9.17) is 9.47 Å². The number of fused-ring (bicyclic) bond motifs is 1. The molecular formula is C24H28O2. The van der Waals surface area contributed by atoms with E-state index in [9.17, 15) is 0 Å². The lowest BCUT2D eigenvalue weighted by atomic mass is 9.88. The second kappa shape index (κ2) is 8.37. The minimum absolute atomic E-state index is 0.225. The van der Waals surface area contributed by atoms with E-state index in [1.54, 1.807) is 0 Å². The zero-order valence-corrected chi connectivity index (χ0v) is 16.0. The van der Waals surface area contributed by atoms with Gasteiger partial charge in [0.15, 0.2) is 0 Å². The van der Waals surface area contributed by atoms with Crippen molar-refractivity contribution >= 4 is 10.8 Å². The highest BCUT2D eigenvalue weighted by Gasteiger charge is 2.29. The van der Waals surface area contributed by atoms with Gasteiger partial charge < -0.3 is 9.47 Å². The maximum atomic E-state index is 6.12. The fraction of sp³-hybridized carbons (Fsp3) is 0.333. The van der Waals surface area contributed by atoms with E-state index in [1.807, 2.05) is 6.07 Å². The molecule has 0 atom stereocenters. The van der Waals surface area contributed by atoms with Crippen LogP contribution in [0.1, 0.15) is 44.7 Å². The molecule has 26 heavy (non-hydrogen) atoms. The molecule has 0 aliphatic carbocycles. The molecule has 0 aliphatic heterocycles. The van der Waals surface area contributed by atoms with Crippen molar-refractivity contribution in [3.8, 4) is 5.75 Å². The average Bonchev–Trinajstić information content (AvgIpc) is 2.70. The van der Waals surface area contributed by atoms with Crippen molar-refractivity contribution in [3.63, 3.8) is 0 Å². The first-order valence-electron chi connectivity index (χ1n) is 9.55. The first-order chi connectivity index (χ1) is 12.7. The fourth-order valence-electron chi connectivity index (χ4n) is 3.59. The summed E-state index contributed by atoms with van der Waals surface area (Å²) in [4.78, 5) is 0. The second-order valence-electron chi connectivity index (χ2n) is 6.63. The Balaban J connectivity index is 1.77. The molecule has 0 fully saturated rings. The van der Waals surface area contributed by atoms with Gasteiger partial charge in [-0.1, -0.05) is 62.4 Å². The average molecular weight is 348 g/mol. The molecule has 0 saturated heterocycles. The summed E-state index contributed by atoms with van der Waals surface area (Å²) in [7, 11) is 0. The first-order valence-corrected chi connectivity index (χ1v) is 9.55. The molecule has 0 spiro atoms. The predicted octanol–water partition coefficient (Wildman–Crippen LogP) is 6.47. The molecule has 0 saturated carbocycles. The van der Waals surface area contributed by atoms with Crippen LogP contribution in [0.4, 0.5) is 0 Å². The van der Waals surface area contributed by atoms with Gasteiger partial charge in [0.25, 0.3) is 0 Å². The molecule has 0 amide bonds. The molecule has 0 aliphatic rings. The van der Waals surface area contributed by atoms with E-state index < -0.39 is 0 Å². The first kappa shape index (κ1) is 18.5. The summed E-state index contributed by atoms with van der Waals surface area (Å²) in [5.41, 5.74) is 2.15. The molecule has 2 nitrogen and oxygen atoms in total. The Morgan fingerprint density at radius 1 is 0.769 bits per heavy atom. The van der Waals surface area contributed by atoms with E-state index in [-0.39, 0.29) is 5.60 Å². The van der Waals surface area contributed by atoms with Gasteiger partial charge in [-0.25, -0.2) is 0 Å². The van der Waals surface area contributed by atoms with Gasteiger partial charge in [0.2, 0.25) is 0 Å². The zero-order valence-electron chi connectivity index (χ0n) is 16.0. The number of hydrogen-bond acceptors (Lipinski definition) is 2. The van der Waals surface area contributed by atoms with E-state index in [1.165, 1.54) is 21.9 Å². The Hall–Kier alpha value is -2.32. The normalized spacial score (nSPS) is 11.7. The minimum Gasteiger partial charge on any atom is -0.489 e. The van der Waals surface area contributed by atoms with Gasteiger partial charge in [0.1, 0.15) is 12.4 Å². The standard InChI is InChI=1S/C24H28O2/c1-4-24(5-2,26-6-3)22-12-9-13-23(17-22)25-18-19-14-15-20-10-7-8-11-21(20)16-19/h7-17H,4-6,18H2,1-3H3. The Morgan fingerprint density at radius 2 is 1.54 bits per heavy atom. The van der Waals surface area contributed by atoms with E-state index in [0.29, 0.717) is 13.2 Å². The van der Waals surface area contributed by atoms with Crippen LogP contribution in [0.15, 0.2) is 66.7 Å². The van der Waals surface area contributed by atoms with Crippen LogP contribution >= 0.6 is 0 Å². The largest absolute Gasteiger partial charge is 0.489 e. The smallest absolute Gasteiger partial charge is 0.120 e. The summed E-state index contributed by atoms with van der Waals surface area (Å²) < 4.78 is 12.2. The monoisotopic (exact) mass is 348 g/mol. The van der Waals surface area contributed by atoms with E-state index in [0.717, 1.165) is 18.6 Å². The molecule has 0 bridgehead atoms. The van der Waals surface area contributed by atoms with Crippen molar-refractivity contribution < 1.29 is 9.47 Å². The number of ether oxygens (including phenoxy) is 2. The van der Waals surface area contributed by atoms with Crippen LogP contribution in [-0.4, -0.2) is 6.61 Å². The van der Waals surface area contributed by atoms with Gasteiger partial charge in [0.05, 0.1) is 5.60 Å². The molecule has 0 radical (unpaired) electrons. The number of rotatable bonds is 8. The molecule has 2 heteroatoms. The van der Waals surface area contributed by atoms with Crippen molar-refractivity contribution in [2.75, 3.05) is 6.61 Å². The molecule has 136 valence electrons. The van der Waals surface area contributed by atoms with Gasteiger partial charge in [-0.05, 0) is 59.9 Å². The Kier molecular flexibility index (Phi) is 5.95. The zero-order chi connectivity index (χ0) is 18.4. The van der Waals surface area contributed by atoms with E-state index in [2.05, 4.69) is 81.4 Å². The SMILES string of the molecule is CCOC(CC)(CC)c1cccc(OCc2ccc3ccccc3c2)c1. The van der Waals surface area contributed by atoms with Crippen LogP contribution in [0.5, 0.6) is 5.75 Å². The minimum atomic E-state index is -0.225. The van der Waals surface area contributed by atoms with Crippen molar-refractivity contribution in [2.24, 2.45) is 0 Å². The highest BCUT2D eigenvalue weighted by Crippen LogP contribution is 2.34. The van der Waals surface area contributed by atoms with Gasteiger partial charge in [-0.15, -0.1) is 0 Å². The lowest BCUT2D eigenvalue weighted by molar-refractivity contribution is -0.0506. The van der Waals surface area contributed by atoms with Gasteiger partial charge >= 0.3 is 0 Å². The summed E-state index contributed by atoms with van der Waals surface area (Å²) in [6.45, 7) is 7.70. The topological polar surface area (TPSA) is 18.5 Å². The van der Waals surface area contributed by atoms with Crippen molar-refractivity contribution in [2.45, 2.75) is 45.8 Å². The summed E-state index contributed by atoms with van der Waals surface area (Å²) >= 11 is 0. The van der Waals surface area contributed by atoms with Crippen LogP contribution in [0.2, 0.25) is 0 Å². The predicted molar refractivity (Wildman–Crippen MR) is 109 cm³/mol. The molecule has 0 heterocycles. The van der Waals surface area contributed by atoms with Gasteiger partial charge in [-0.3, -0.25) is 0 Å². The molecule has 0 unspecified atom stereocenters. The molecule has 0 aromatic heterocycles. The van der Waals surface area contributed by atoms with Crippen molar-refractivity contribution in [1.82, 2.24) is 0 Å². The third-order valence-electron chi connectivity index (χ3n) is 5.14. The maximum absolute atomic E-state index is 6.12. The lowest BCUT2D eigenvalue weighted by Gasteiger charge is -2.32. The maximum Gasteiger partial charge on any atom is 0.120 e. The van der Waals surface area contributed by atoms with Crippen LogP contribution in [0.25, 0.3) is 10.8 Å². The van der Waals surface area contributed by atoms with Crippen molar-refractivity contribution in [3.05, 3.63) is 77.9 Å². The van der Waals surface area contributed by atoms with Gasteiger partial charge in [0, 0.05) is 6.61 Å². The third-order valence-corrected chi connectivity index (χ3v) is 5.14.